The van der Waals surface area contributed by atoms with Crippen molar-refractivity contribution >= 4 is 11.8 Å². The van der Waals surface area contributed by atoms with E-state index in [1.165, 1.54) is 18.0 Å². The largest absolute Gasteiger partial charge is 0.417 e. The van der Waals surface area contributed by atoms with Crippen molar-refractivity contribution in [1.82, 2.24) is 4.98 Å². The highest BCUT2D eigenvalue weighted by Gasteiger charge is 2.30. The second-order valence-electron chi connectivity index (χ2n) is 2.76. The molecule has 14 heavy (non-hydrogen) atoms. The molecule has 1 nitrogen and oxygen atoms in total. The zero-order valence-electron chi connectivity index (χ0n) is 7.64. The average molecular weight is 221 g/mol. The molecule has 0 amide bonds. The second-order valence-corrected chi connectivity index (χ2v) is 3.92. The van der Waals surface area contributed by atoms with Gasteiger partial charge in [0.2, 0.25) is 0 Å². The smallest absolute Gasteiger partial charge is 0.263 e. The van der Waals surface area contributed by atoms with Crippen LogP contribution in [0.3, 0.4) is 0 Å². The number of aromatic nitrogens is 1. The quantitative estimate of drug-likeness (QED) is 0.723. The molecule has 78 valence electrons. The van der Waals surface area contributed by atoms with Crippen molar-refractivity contribution in [3.05, 3.63) is 24.0 Å². The SMILES string of the molecule is CCCSc1cncc(C(F)(F)F)c1. The summed E-state index contributed by atoms with van der Waals surface area (Å²) in [6.45, 7) is 1.98. The van der Waals surface area contributed by atoms with Crippen molar-refractivity contribution in [2.24, 2.45) is 0 Å². The van der Waals surface area contributed by atoms with Gasteiger partial charge in [0.1, 0.15) is 0 Å². The van der Waals surface area contributed by atoms with Crippen LogP contribution in [0.25, 0.3) is 0 Å². The van der Waals surface area contributed by atoms with E-state index < -0.39 is 11.7 Å². The normalized spacial score (nSPS) is 11.7. The van der Waals surface area contributed by atoms with Crippen molar-refractivity contribution in [1.29, 1.82) is 0 Å². The third-order valence-corrected chi connectivity index (χ3v) is 2.68. The standard InChI is InChI=1S/C9H10F3NS/c1-2-3-14-8-4-7(5-13-6-8)9(10,11)12/h4-6H,2-3H2,1H3. The first kappa shape index (κ1) is 11.4. The molecule has 0 atom stereocenters. The van der Waals surface area contributed by atoms with Gasteiger partial charge in [-0.1, -0.05) is 6.92 Å². The molecule has 1 heterocycles. The Labute approximate surface area is 84.7 Å². The number of hydrogen-bond donors (Lipinski definition) is 0. The van der Waals surface area contributed by atoms with Gasteiger partial charge in [0, 0.05) is 17.3 Å². The minimum absolute atomic E-state index is 0.571. The molecular formula is C9H10F3NS. The lowest BCUT2D eigenvalue weighted by molar-refractivity contribution is -0.138. The van der Waals surface area contributed by atoms with Crippen LogP contribution in [0.5, 0.6) is 0 Å². The van der Waals surface area contributed by atoms with E-state index in [1.807, 2.05) is 6.92 Å². The summed E-state index contributed by atoms with van der Waals surface area (Å²) in [5.41, 5.74) is -0.682. The molecule has 0 spiro atoms. The molecule has 0 radical (unpaired) electrons. The molecule has 1 aromatic heterocycles. The van der Waals surface area contributed by atoms with Gasteiger partial charge in [-0.15, -0.1) is 11.8 Å². The Bertz CT molecular complexity index is 298. The Morgan fingerprint density at radius 1 is 1.36 bits per heavy atom. The van der Waals surface area contributed by atoms with E-state index in [-0.39, 0.29) is 0 Å². The second kappa shape index (κ2) is 4.68. The fraction of sp³-hybridized carbons (Fsp3) is 0.444. The van der Waals surface area contributed by atoms with Crippen molar-refractivity contribution in [2.45, 2.75) is 24.4 Å². The minimum atomic E-state index is -4.30. The number of pyridine rings is 1. The van der Waals surface area contributed by atoms with Gasteiger partial charge in [-0.05, 0) is 18.2 Å². The zero-order chi connectivity index (χ0) is 10.6. The highest BCUT2D eigenvalue weighted by atomic mass is 32.2. The van der Waals surface area contributed by atoms with Crippen molar-refractivity contribution in [2.75, 3.05) is 5.75 Å². The number of hydrogen-bond acceptors (Lipinski definition) is 2. The lowest BCUT2D eigenvalue weighted by Gasteiger charge is -2.07. The molecule has 0 aliphatic carbocycles. The summed E-state index contributed by atoms with van der Waals surface area (Å²) >= 11 is 1.39. The van der Waals surface area contributed by atoms with Crippen LogP contribution in [-0.2, 0) is 6.18 Å². The molecule has 1 aromatic rings. The van der Waals surface area contributed by atoms with Crippen molar-refractivity contribution in [3.8, 4) is 0 Å². The predicted molar refractivity (Wildman–Crippen MR) is 50.3 cm³/mol. The van der Waals surface area contributed by atoms with E-state index in [4.69, 9.17) is 0 Å². The molecule has 5 heteroatoms. The highest BCUT2D eigenvalue weighted by Crippen LogP contribution is 2.31. The third kappa shape index (κ3) is 3.21. The Kier molecular flexibility index (Phi) is 3.80. The predicted octanol–water partition coefficient (Wildman–Crippen LogP) is 3.60. The maximum Gasteiger partial charge on any atom is 0.417 e. The van der Waals surface area contributed by atoms with Gasteiger partial charge in [-0.3, -0.25) is 4.98 Å². The van der Waals surface area contributed by atoms with E-state index >= 15 is 0 Å². The minimum Gasteiger partial charge on any atom is -0.263 e. The fourth-order valence-corrected chi connectivity index (χ4v) is 1.66. The molecule has 0 unspecified atom stereocenters. The lowest BCUT2D eigenvalue weighted by Crippen LogP contribution is -2.05. The molecule has 0 aromatic carbocycles. The van der Waals surface area contributed by atoms with E-state index in [2.05, 4.69) is 4.98 Å². The fourth-order valence-electron chi connectivity index (χ4n) is 0.873. The first-order valence-corrected chi connectivity index (χ1v) is 5.17. The van der Waals surface area contributed by atoms with Gasteiger partial charge < -0.3 is 0 Å². The highest BCUT2D eigenvalue weighted by molar-refractivity contribution is 7.99. The molecule has 0 aliphatic heterocycles. The molecule has 0 aliphatic rings. The van der Waals surface area contributed by atoms with Crippen LogP contribution in [0.1, 0.15) is 18.9 Å². The Hall–Kier alpha value is -0.710. The average Bonchev–Trinajstić information content (AvgIpc) is 2.14. The molecule has 0 fully saturated rings. The van der Waals surface area contributed by atoms with E-state index in [1.54, 1.807) is 0 Å². The van der Waals surface area contributed by atoms with Gasteiger partial charge in [0.15, 0.2) is 0 Å². The Morgan fingerprint density at radius 3 is 2.64 bits per heavy atom. The van der Waals surface area contributed by atoms with Gasteiger partial charge in [0.05, 0.1) is 5.56 Å². The summed E-state index contributed by atoms with van der Waals surface area (Å²) in [5.74, 6) is 0.809. The van der Waals surface area contributed by atoms with E-state index in [9.17, 15) is 13.2 Å². The molecule has 0 N–H and O–H groups in total. The van der Waals surface area contributed by atoms with Gasteiger partial charge >= 0.3 is 6.18 Å². The Morgan fingerprint density at radius 2 is 2.07 bits per heavy atom. The van der Waals surface area contributed by atoms with Crippen LogP contribution in [0.15, 0.2) is 23.4 Å². The maximum atomic E-state index is 12.2. The zero-order valence-corrected chi connectivity index (χ0v) is 8.45. The van der Waals surface area contributed by atoms with E-state index in [0.29, 0.717) is 4.90 Å². The summed E-state index contributed by atoms with van der Waals surface area (Å²) in [6.07, 6.45) is -1.07. The topological polar surface area (TPSA) is 12.9 Å². The van der Waals surface area contributed by atoms with Crippen LogP contribution >= 0.6 is 11.8 Å². The van der Waals surface area contributed by atoms with E-state index in [0.717, 1.165) is 24.4 Å². The monoisotopic (exact) mass is 221 g/mol. The summed E-state index contributed by atoms with van der Waals surface area (Å²) in [6, 6.07) is 1.13. The maximum absolute atomic E-state index is 12.2. The van der Waals surface area contributed by atoms with Crippen LogP contribution in [0.2, 0.25) is 0 Å². The first-order chi connectivity index (χ1) is 6.54. The number of alkyl halides is 3. The number of rotatable bonds is 3. The molecule has 1 rings (SSSR count). The molecule has 0 bridgehead atoms. The van der Waals surface area contributed by atoms with Gasteiger partial charge in [0.25, 0.3) is 0 Å². The Balaban J connectivity index is 2.79. The van der Waals surface area contributed by atoms with Crippen molar-refractivity contribution in [3.63, 3.8) is 0 Å². The molecule has 0 saturated carbocycles. The summed E-state index contributed by atoms with van der Waals surface area (Å²) < 4.78 is 36.7. The summed E-state index contributed by atoms with van der Waals surface area (Å²) in [4.78, 5) is 4.13. The van der Waals surface area contributed by atoms with Gasteiger partial charge in [-0.25, -0.2) is 0 Å². The number of thioether (sulfide) groups is 1. The summed E-state index contributed by atoms with van der Waals surface area (Å²) in [7, 11) is 0. The summed E-state index contributed by atoms with van der Waals surface area (Å²) in [5, 5.41) is 0. The number of halogens is 3. The van der Waals surface area contributed by atoms with Crippen LogP contribution < -0.4 is 0 Å². The van der Waals surface area contributed by atoms with Crippen LogP contribution in [-0.4, -0.2) is 10.7 Å². The lowest BCUT2D eigenvalue weighted by atomic mass is 10.3. The number of nitrogens with zero attached hydrogens (tertiary/aromatic N) is 1. The molecule has 0 saturated heterocycles. The van der Waals surface area contributed by atoms with Crippen LogP contribution in [0.4, 0.5) is 13.2 Å². The molecular weight excluding hydrogens is 211 g/mol. The van der Waals surface area contributed by atoms with Gasteiger partial charge in [-0.2, -0.15) is 13.2 Å². The third-order valence-electron chi connectivity index (χ3n) is 1.51. The van der Waals surface area contributed by atoms with Crippen LogP contribution in [0, 0.1) is 0 Å². The first-order valence-electron chi connectivity index (χ1n) is 4.19. The van der Waals surface area contributed by atoms with Crippen molar-refractivity contribution < 1.29 is 13.2 Å².